The molecule has 1 rings (SSSR count). The second-order valence-electron chi connectivity index (χ2n) is 5.78. The Hall–Kier alpha value is -1.09. The van der Waals surface area contributed by atoms with Gasteiger partial charge in [-0.2, -0.15) is 0 Å². The molecule has 0 amide bonds. The predicted octanol–water partition coefficient (Wildman–Crippen LogP) is 3.20. The first-order chi connectivity index (χ1) is 8.36. The van der Waals surface area contributed by atoms with Crippen LogP contribution in [0.5, 0.6) is 0 Å². The number of rotatable bonds is 6. The standard InChI is InChI=1S/C15H27N3/c1-7-15(4,5)18(6)14-10-13(8-9-16-14)11-17-12(2)3/h8-10,12,17H,7,11H2,1-6H3. The van der Waals surface area contributed by atoms with Crippen LogP contribution in [-0.4, -0.2) is 23.6 Å². The number of anilines is 1. The van der Waals surface area contributed by atoms with E-state index >= 15 is 0 Å². The first kappa shape index (κ1) is 15.0. The molecule has 0 fully saturated rings. The summed E-state index contributed by atoms with van der Waals surface area (Å²) in [5, 5.41) is 3.43. The molecule has 0 aliphatic rings. The van der Waals surface area contributed by atoms with Gasteiger partial charge in [-0.15, -0.1) is 0 Å². The van der Waals surface area contributed by atoms with Crippen molar-refractivity contribution < 1.29 is 0 Å². The fourth-order valence-corrected chi connectivity index (χ4v) is 1.62. The number of nitrogens with zero attached hydrogens (tertiary/aromatic N) is 2. The molecule has 0 saturated carbocycles. The van der Waals surface area contributed by atoms with Crippen LogP contribution in [0, 0.1) is 0 Å². The highest BCUT2D eigenvalue weighted by Crippen LogP contribution is 2.23. The van der Waals surface area contributed by atoms with Crippen molar-refractivity contribution in [2.24, 2.45) is 0 Å². The van der Waals surface area contributed by atoms with Crippen LogP contribution in [-0.2, 0) is 6.54 Å². The third kappa shape index (κ3) is 3.98. The lowest BCUT2D eigenvalue weighted by molar-refractivity contribution is 0.467. The summed E-state index contributed by atoms with van der Waals surface area (Å²) < 4.78 is 0. The Kier molecular flexibility index (Phi) is 5.15. The van der Waals surface area contributed by atoms with Crippen molar-refractivity contribution in [2.45, 2.75) is 59.2 Å². The smallest absolute Gasteiger partial charge is 0.128 e. The molecule has 18 heavy (non-hydrogen) atoms. The molecular formula is C15H27N3. The topological polar surface area (TPSA) is 28.2 Å². The summed E-state index contributed by atoms with van der Waals surface area (Å²) in [5.41, 5.74) is 1.42. The summed E-state index contributed by atoms with van der Waals surface area (Å²) in [5.74, 6) is 1.05. The molecule has 0 bridgehead atoms. The van der Waals surface area contributed by atoms with Gasteiger partial charge in [-0.1, -0.05) is 20.8 Å². The van der Waals surface area contributed by atoms with Crippen molar-refractivity contribution in [2.75, 3.05) is 11.9 Å². The zero-order valence-corrected chi connectivity index (χ0v) is 12.6. The average molecular weight is 249 g/mol. The maximum absolute atomic E-state index is 4.48. The van der Waals surface area contributed by atoms with Crippen LogP contribution in [0.2, 0.25) is 0 Å². The molecule has 1 aromatic rings. The maximum Gasteiger partial charge on any atom is 0.128 e. The van der Waals surface area contributed by atoms with Crippen LogP contribution in [0.3, 0.4) is 0 Å². The number of pyridine rings is 1. The van der Waals surface area contributed by atoms with E-state index in [1.807, 2.05) is 6.20 Å². The van der Waals surface area contributed by atoms with Gasteiger partial charge in [-0.3, -0.25) is 0 Å². The molecule has 1 heterocycles. The van der Waals surface area contributed by atoms with Crippen molar-refractivity contribution in [3.8, 4) is 0 Å². The van der Waals surface area contributed by atoms with E-state index in [1.165, 1.54) is 5.56 Å². The first-order valence-corrected chi connectivity index (χ1v) is 6.79. The van der Waals surface area contributed by atoms with E-state index in [0.717, 1.165) is 18.8 Å². The number of nitrogens with one attached hydrogen (secondary N) is 1. The van der Waals surface area contributed by atoms with Gasteiger partial charge in [0.05, 0.1) is 0 Å². The molecule has 0 radical (unpaired) electrons. The normalized spacial score (nSPS) is 11.9. The van der Waals surface area contributed by atoms with E-state index in [4.69, 9.17) is 0 Å². The number of hydrogen-bond donors (Lipinski definition) is 1. The van der Waals surface area contributed by atoms with Gasteiger partial charge in [-0.05, 0) is 38.0 Å². The Balaban J connectivity index is 2.81. The monoisotopic (exact) mass is 249 g/mol. The quantitative estimate of drug-likeness (QED) is 0.839. The minimum Gasteiger partial charge on any atom is -0.355 e. The lowest BCUT2D eigenvalue weighted by Gasteiger charge is -2.36. The van der Waals surface area contributed by atoms with Crippen molar-refractivity contribution >= 4 is 5.82 Å². The van der Waals surface area contributed by atoms with Crippen molar-refractivity contribution in [3.05, 3.63) is 23.9 Å². The third-order valence-electron chi connectivity index (χ3n) is 3.64. The van der Waals surface area contributed by atoms with Gasteiger partial charge in [0, 0.05) is 31.4 Å². The summed E-state index contributed by atoms with van der Waals surface area (Å²) >= 11 is 0. The Bertz CT molecular complexity index is 372. The zero-order chi connectivity index (χ0) is 13.8. The van der Waals surface area contributed by atoms with Gasteiger partial charge in [0.1, 0.15) is 5.82 Å². The van der Waals surface area contributed by atoms with Crippen LogP contribution in [0.1, 0.15) is 46.6 Å². The van der Waals surface area contributed by atoms with Crippen LogP contribution < -0.4 is 10.2 Å². The lowest BCUT2D eigenvalue weighted by atomic mass is 10.00. The van der Waals surface area contributed by atoms with Gasteiger partial charge in [0.2, 0.25) is 0 Å². The highest BCUT2D eigenvalue weighted by molar-refractivity contribution is 5.42. The predicted molar refractivity (Wildman–Crippen MR) is 79.0 cm³/mol. The fraction of sp³-hybridized carbons (Fsp3) is 0.667. The van der Waals surface area contributed by atoms with E-state index in [1.54, 1.807) is 0 Å². The summed E-state index contributed by atoms with van der Waals surface area (Å²) in [6.07, 6.45) is 2.99. The Morgan fingerprint density at radius 2 is 2.06 bits per heavy atom. The average Bonchev–Trinajstić information content (AvgIpc) is 2.35. The van der Waals surface area contributed by atoms with E-state index < -0.39 is 0 Å². The van der Waals surface area contributed by atoms with Crippen LogP contribution >= 0.6 is 0 Å². The second-order valence-corrected chi connectivity index (χ2v) is 5.78. The van der Waals surface area contributed by atoms with E-state index in [0.29, 0.717) is 6.04 Å². The summed E-state index contributed by atoms with van der Waals surface area (Å²) in [7, 11) is 2.12. The molecule has 102 valence electrons. The van der Waals surface area contributed by atoms with E-state index in [2.05, 4.69) is 69.0 Å². The van der Waals surface area contributed by atoms with Crippen molar-refractivity contribution in [3.63, 3.8) is 0 Å². The largest absolute Gasteiger partial charge is 0.355 e. The molecule has 1 aromatic heterocycles. The second kappa shape index (κ2) is 6.19. The molecule has 0 aromatic carbocycles. The van der Waals surface area contributed by atoms with Crippen LogP contribution in [0.15, 0.2) is 18.3 Å². The molecule has 3 nitrogen and oxygen atoms in total. The summed E-state index contributed by atoms with van der Waals surface area (Å²) in [6, 6.07) is 4.75. The summed E-state index contributed by atoms with van der Waals surface area (Å²) in [6.45, 7) is 11.9. The van der Waals surface area contributed by atoms with E-state index in [9.17, 15) is 0 Å². The molecule has 1 N–H and O–H groups in total. The molecular weight excluding hydrogens is 222 g/mol. The van der Waals surface area contributed by atoms with Gasteiger partial charge in [0.15, 0.2) is 0 Å². The van der Waals surface area contributed by atoms with Gasteiger partial charge in [0.25, 0.3) is 0 Å². The Labute approximate surface area is 112 Å². The number of hydrogen-bond acceptors (Lipinski definition) is 3. The van der Waals surface area contributed by atoms with Crippen LogP contribution in [0.4, 0.5) is 5.82 Å². The molecule has 0 spiro atoms. The minimum atomic E-state index is 0.136. The SMILES string of the molecule is CCC(C)(C)N(C)c1cc(CNC(C)C)ccn1. The van der Waals surface area contributed by atoms with Crippen LogP contribution in [0.25, 0.3) is 0 Å². The lowest BCUT2D eigenvalue weighted by Crippen LogP contribution is -2.41. The third-order valence-corrected chi connectivity index (χ3v) is 3.64. The highest BCUT2D eigenvalue weighted by Gasteiger charge is 2.22. The van der Waals surface area contributed by atoms with Crippen molar-refractivity contribution in [1.82, 2.24) is 10.3 Å². The molecule has 0 unspecified atom stereocenters. The summed E-state index contributed by atoms with van der Waals surface area (Å²) in [4.78, 5) is 6.73. The Morgan fingerprint density at radius 1 is 1.39 bits per heavy atom. The minimum absolute atomic E-state index is 0.136. The van der Waals surface area contributed by atoms with Gasteiger partial charge < -0.3 is 10.2 Å². The van der Waals surface area contributed by atoms with Gasteiger partial charge in [-0.25, -0.2) is 4.98 Å². The maximum atomic E-state index is 4.48. The molecule has 0 atom stereocenters. The van der Waals surface area contributed by atoms with E-state index in [-0.39, 0.29) is 5.54 Å². The molecule has 0 aliphatic heterocycles. The first-order valence-electron chi connectivity index (χ1n) is 6.79. The zero-order valence-electron chi connectivity index (χ0n) is 12.6. The molecule has 0 saturated heterocycles. The van der Waals surface area contributed by atoms with Gasteiger partial charge >= 0.3 is 0 Å². The highest BCUT2D eigenvalue weighted by atomic mass is 15.2. The van der Waals surface area contributed by atoms with Crippen molar-refractivity contribution in [1.29, 1.82) is 0 Å². The number of aromatic nitrogens is 1. The Morgan fingerprint density at radius 3 is 2.61 bits per heavy atom. The fourth-order valence-electron chi connectivity index (χ4n) is 1.62. The molecule has 0 aliphatic carbocycles. The molecule has 3 heteroatoms.